The van der Waals surface area contributed by atoms with E-state index in [1.807, 2.05) is 32.0 Å². The highest BCUT2D eigenvalue weighted by Gasteiger charge is 2.31. The predicted octanol–water partition coefficient (Wildman–Crippen LogP) is 5.67. The molecule has 3 aromatic carbocycles. The lowest BCUT2D eigenvalue weighted by Gasteiger charge is -2.32. The number of nitrogens with one attached hydrogen (secondary N) is 1. The molecule has 2 aliphatic heterocycles. The quantitative estimate of drug-likeness (QED) is 0.412. The molecule has 0 aromatic heterocycles. The van der Waals surface area contributed by atoms with Crippen molar-refractivity contribution in [3.05, 3.63) is 106 Å². The van der Waals surface area contributed by atoms with Crippen LogP contribution in [0.4, 0.5) is 4.39 Å². The number of likely N-dealkylation sites (tertiary alicyclic amines) is 1. The van der Waals surface area contributed by atoms with Crippen LogP contribution in [0.3, 0.4) is 0 Å². The van der Waals surface area contributed by atoms with Crippen LogP contribution in [0, 0.1) is 5.82 Å². The van der Waals surface area contributed by atoms with Crippen molar-refractivity contribution in [3.63, 3.8) is 0 Å². The summed E-state index contributed by atoms with van der Waals surface area (Å²) < 4.78 is 24.9. The molecule has 38 heavy (non-hydrogen) atoms. The summed E-state index contributed by atoms with van der Waals surface area (Å²) in [5, 5.41) is 3.07. The van der Waals surface area contributed by atoms with Crippen LogP contribution in [-0.2, 0) is 13.2 Å². The Labute approximate surface area is 222 Å². The molecule has 3 aromatic rings. The Morgan fingerprint density at radius 1 is 1.03 bits per heavy atom. The molecule has 6 nitrogen and oxygen atoms in total. The number of piperidine rings is 1. The zero-order valence-corrected chi connectivity index (χ0v) is 21.6. The maximum Gasteiger partial charge on any atom is 0.251 e. The van der Waals surface area contributed by atoms with Gasteiger partial charge in [0.1, 0.15) is 29.5 Å². The van der Waals surface area contributed by atoms with E-state index in [4.69, 9.17) is 9.47 Å². The summed E-state index contributed by atoms with van der Waals surface area (Å²) in [6.07, 6.45) is 1.72. The molecule has 5 rings (SSSR count). The van der Waals surface area contributed by atoms with E-state index in [0.717, 1.165) is 43.6 Å². The highest BCUT2D eigenvalue weighted by Crippen LogP contribution is 2.38. The second-order valence-corrected chi connectivity index (χ2v) is 10.0. The summed E-state index contributed by atoms with van der Waals surface area (Å²) in [7, 11) is 0. The van der Waals surface area contributed by atoms with E-state index in [1.54, 1.807) is 12.1 Å². The summed E-state index contributed by atoms with van der Waals surface area (Å²) in [6, 6.07) is 19.4. The van der Waals surface area contributed by atoms with Gasteiger partial charge in [0.2, 0.25) is 5.78 Å². The number of hydrogen-bond acceptors (Lipinski definition) is 5. The van der Waals surface area contributed by atoms with Gasteiger partial charge in [0.05, 0.1) is 0 Å². The molecule has 1 amide bonds. The normalized spacial score (nSPS) is 15.7. The van der Waals surface area contributed by atoms with Gasteiger partial charge >= 0.3 is 0 Å². The van der Waals surface area contributed by atoms with Gasteiger partial charge in [0, 0.05) is 31.2 Å². The Balaban J connectivity index is 1.14. The Kier molecular flexibility index (Phi) is 7.56. The summed E-state index contributed by atoms with van der Waals surface area (Å²) in [5.41, 5.74) is 4.00. The lowest BCUT2D eigenvalue weighted by atomic mass is 10.0. The summed E-state index contributed by atoms with van der Waals surface area (Å²) >= 11 is 0. The first-order valence-corrected chi connectivity index (χ1v) is 12.9. The number of halogens is 1. The molecule has 7 heteroatoms. The van der Waals surface area contributed by atoms with Gasteiger partial charge in [0.15, 0.2) is 5.76 Å². The molecule has 0 aliphatic carbocycles. The van der Waals surface area contributed by atoms with E-state index in [1.165, 1.54) is 29.8 Å². The first-order chi connectivity index (χ1) is 18.4. The van der Waals surface area contributed by atoms with Crippen molar-refractivity contribution in [1.29, 1.82) is 0 Å². The van der Waals surface area contributed by atoms with Crippen LogP contribution < -0.4 is 14.8 Å². The number of ether oxygens (including phenoxy) is 2. The fourth-order valence-corrected chi connectivity index (χ4v) is 4.88. The largest absolute Gasteiger partial charge is 0.488 e. The number of carbonyl (C=O) groups excluding carboxylic acids is 2. The standard InChI is InChI=1S/C31H31FN2O4/c1-20(2)30-29(35)28-26(7-4-8-27(28)38-30)37-19-22-6-3-5-21(17-22)18-34-15-13-25(14-16-34)33-31(36)23-9-11-24(32)12-10-23/h3-12,17,25H,13-16,18-19H2,1-2H3,(H,33,36). The molecule has 0 saturated carbocycles. The molecule has 1 N–H and O–H groups in total. The zero-order chi connectivity index (χ0) is 26.6. The molecular formula is C31H31FN2O4. The Bertz CT molecular complexity index is 1370. The van der Waals surface area contributed by atoms with Gasteiger partial charge in [-0.25, -0.2) is 4.39 Å². The number of hydrogen-bond donors (Lipinski definition) is 1. The molecule has 2 aliphatic rings. The lowest BCUT2D eigenvalue weighted by molar-refractivity contribution is 0.0908. The summed E-state index contributed by atoms with van der Waals surface area (Å²) in [4.78, 5) is 27.6. The number of rotatable bonds is 7. The summed E-state index contributed by atoms with van der Waals surface area (Å²) in [5.74, 6) is 0.787. The highest BCUT2D eigenvalue weighted by atomic mass is 19.1. The second-order valence-electron chi connectivity index (χ2n) is 10.0. The van der Waals surface area contributed by atoms with Crippen molar-refractivity contribution >= 4 is 11.7 Å². The van der Waals surface area contributed by atoms with Crippen LogP contribution in [0.25, 0.3) is 0 Å². The van der Waals surface area contributed by atoms with Crippen molar-refractivity contribution in [2.24, 2.45) is 0 Å². The fraction of sp³-hybridized carbons (Fsp3) is 0.290. The predicted molar refractivity (Wildman–Crippen MR) is 143 cm³/mol. The molecule has 1 fully saturated rings. The molecule has 0 unspecified atom stereocenters. The first kappa shape index (κ1) is 25.7. The molecular weight excluding hydrogens is 483 g/mol. The molecule has 0 atom stereocenters. The van der Waals surface area contributed by atoms with Crippen LogP contribution in [-0.4, -0.2) is 35.7 Å². The average molecular weight is 515 g/mol. The molecule has 0 radical (unpaired) electrons. The molecule has 0 spiro atoms. The Morgan fingerprint density at radius 2 is 1.74 bits per heavy atom. The van der Waals surface area contributed by atoms with Gasteiger partial charge in [-0.05, 0) is 79.8 Å². The topological polar surface area (TPSA) is 67.9 Å². The van der Waals surface area contributed by atoms with Gasteiger partial charge in [-0.15, -0.1) is 0 Å². The number of Topliss-reactive ketones (excluding diaryl/α,β-unsaturated/α-hetero) is 1. The zero-order valence-electron chi connectivity index (χ0n) is 21.6. The van der Waals surface area contributed by atoms with Crippen LogP contribution in [0.2, 0.25) is 0 Å². The van der Waals surface area contributed by atoms with E-state index >= 15 is 0 Å². The van der Waals surface area contributed by atoms with Gasteiger partial charge < -0.3 is 14.8 Å². The molecule has 196 valence electrons. The minimum Gasteiger partial charge on any atom is -0.488 e. The van der Waals surface area contributed by atoms with Crippen LogP contribution in [0.15, 0.2) is 78.1 Å². The number of nitrogens with zero attached hydrogens (tertiary/aromatic N) is 1. The van der Waals surface area contributed by atoms with Crippen LogP contribution in [0.1, 0.15) is 58.5 Å². The van der Waals surface area contributed by atoms with Crippen molar-refractivity contribution in [1.82, 2.24) is 10.2 Å². The first-order valence-electron chi connectivity index (χ1n) is 12.9. The number of fused-ring (bicyclic) bond motifs is 1. The highest BCUT2D eigenvalue weighted by molar-refractivity contribution is 6.14. The molecule has 1 saturated heterocycles. The van der Waals surface area contributed by atoms with Gasteiger partial charge in [0.25, 0.3) is 5.91 Å². The third kappa shape index (κ3) is 5.78. The third-order valence-corrected chi connectivity index (χ3v) is 6.91. The molecule has 2 heterocycles. The molecule has 0 bridgehead atoms. The fourth-order valence-electron chi connectivity index (χ4n) is 4.88. The third-order valence-electron chi connectivity index (χ3n) is 6.91. The Hall–Kier alpha value is -3.97. The number of benzene rings is 3. The SMILES string of the molecule is CC(C)=C1Oc2cccc(OCc3cccc(CN4CCC(NC(=O)c5ccc(F)cc5)CC4)c3)c2C1=O. The second kappa shape index (κ2) is 11.2. The minimum atomic E-state index is -0.350. The van der Waals surface area contributed by atoms with E-state index in [0.29, 0.717) is 35.0 Å². The van der Waals surface area contributed by atoms with Gasteiger partial charge in [-0.2, -0.15) is 0 Å². The maximum absolute atomic E-state index is 13.1. The van der Waals surface area contributed by atoms with Crippen LogP contribution >= 0.6 is 0 Å². The van der Waals surface area contributed by atoms with Crippen LogP contribution in [0.5, 0.6) is 11.5 Å². The number of allylic oxidation sites excluding steroid dienone is 2. The van der Waals surface area contributed by atoms with Crippen molar-refractivity contribution < 1.29 is 23.5 Å². The lowest BCUT2D eigenvalue weighted by Crippen LogP contribution is -2.44. The number of ketones is 1. The van der Waals surface area contributed by atoms with Gasteiger partial charge in [-0.3, -0.25) is 14.5 Å². The van der Waals surface area contributed by atoms with E-state index in [9.17, 15) is 14.0 Å². The van der Waals surface area contributed by atoms with E-state index in [2.05, 4.69) is 22.3 Å². The maximum atomic E-state index is 13.1. The number of carbonyl (C=O) groups is 2. The minimum absolute atomic E-state index is 0.106. The van der Waals surface area contributed by atoms with Gasteiger partial charge in [-0.1, -0.05) is 30.3 Å². The average Bonchev–Trinajstić information content (AvgIpc) is 3.26. The van der Waals surface area contributed by atoms with Crippen molar-refractivity contribution in [3.8, 4) is 11.5 Å². The Morgan fingerprint density at radius 3 is 2.47 bits per heavy atom. The summed E-state index contributed by atoms with van der Waals surface area (Å²) in [6.45, 7) is 6.62. The van der Waals surface area contributed by atoms with Crippen molar-refractivity contribution in [2.45, 2.75) is 45.9 Å². The smallest absolute Gasteiger partial charge is 0.251 e. The van der Waals surface area contributed by atoms with E-state index in [-0.39, 0.29) is 23.5 Å². The monoisotopic (exact) mass is 514 g/mol. The van der Waals surface area contributed by atoms with Crippen molar-refractivity contribution in [2.75, 3.05) is 13.1 Å². The van der Waals surface area contributed by atoms with E-state index < -0.39 is 0 Å². The number of amides is 1.